The molecule has 0 radical (unpaired) electrons. The van der Waals surface area contributed by atoms with Crippen molar-refractivity contribution in [2.24, 2.45) is 11.3 Å². The molecule has 20 heavy (non-hydrogen) atoms. The van der Waals surface area contributed by atoms with Crippen molar-refractivity contribution < 1.29 is 14.9 Å². The second-order valence-corrected chi connectivity index (χ2v) is 7.40. The van der Waals surface area contributed by atoms with E-state index in [1.807, 2.05) is 0 Å². The van der Waals surface area contributed by atoms with Crippen molar-refractivity contribution in [2.75, 3.05) is 13.2 Å². The summed E-state index contributed by atoms with van der Waals surface area (Å²) in [6, 6.07) is 0.294. The molecule has 2 rings (SSSR count). The van der Waals surface area contributed by atoms with Crippen molar-refractivity contribution in [3.8, 4) is 0 Å². The topological polar surface area (TPSA) is 61.7 Å². The van der Waals surface area contributed by atoms with Crippen LogP contribution in [0.3, 0.4) is 0 Å². The molecule has 3 unspecified atom stereocenters. The van der Waals surface area contributed by atoms with Crippen molar-refractivity contribution in [3.63, 3.8) is 0 Å². The zero-order valence-corrected chi connectivity index (χ0v) is 13.1. The normalized spacial score (nSPS) is 38.2. The molecule has 2 aliphatic carbocycles. The van der Waals surface area contributed by atoms with Crippen molar-refractivity contribution >= 4 is 0 Å². The first-order chi connectivity index (χ1) is 9.39. The minimum atomic E-state index is -0.456. The Kier molecular flexibility index (Phi) is 5.46. The van der Waals surface area contributed by atoms with E-state index in [1.165, 1.54) is 12.8 Å². The van der Waals surface area contributed by atoms with Crippen LogP contribution in [0.5, 0.6) is 0 Å². The van der Waals surface area contributed by atoms with E-state index in [4.69, 9.17) is 4.74 Å². The smallest absolute Gasteiger partial charge is 0.0897 e. The first kappa shape index (κ1) is 16.2. The molecule has 0 aliphatic heterocycles. The summed E-state index contributed by atoms with van der Waals surface area (Å²) in [5.41, 5.74) is -0.0832. The van der Waals surface area contributed by atoms with Crippen LogP contribution in [-0.2, 0) is 4.74 Å². The monoisotopic (exact) mass is 285 g/mol. The van der Waals surface area contributed by atoms with Crippen LogP contribution in [-0.4, -0.2) is 47.7 Å². The van der Waals surface area contributed by atoms with Gasteiger partial charge in [-0.1, -0.05) is 20.8 Å². The summed E-state index contributed by atoms with van der Waals surface area (Å²) in [5.74, 6) is 0.828. The largest absolute Gasteiger partial charge is 0.392 e. The second-order valence-electron chi connectivity index (χ2n) is 7.40. The Morgan fingerprint density at radius 2 is 1.90 bits per heavy atom. The third-order valence-electron chi connectivity index (χ3n) is 5.30. The molecular weight excluding hydrogens is 254 g/mol. The van der Waals surface area contributed by atoms with E-state index in [2.05, 4.69) is 26.1 Å². The zero-order valence-electron chi connectivity index (χ0n) is 13.1. The van der Waals surface area contributed by atoms with E-state index in [0.29, 0.717) is 25.3 Å². The molecule has 118 valence electrons. The average molecular weight is 285 g/mol. The lowest BCUT2D eigenvalue weighted by Crippen LogP contribution is -2.61. The summed E-state index contributed by atoms with van der Waals surface area (Å²) in [4.78, 5) is 0. The van der Waals surface area contributed by atoms with E-state index in [1.54, 1.807) is 0 Å². The maximum Gasteiger partial charge on any atom is 0.0897 e. The first-order valence-corrected chi connectivity index (χ1v) is 8.10. The van der Waals surface area contributed by atoms with Gasteiger partial charge < -0.3 is 20.3 Å². The fourth-order valence-corrected chi connectivity index (χ4v) is 3.23. The molecule has 3 atom stereocenters. The van der Waals surface area contributed by atoms with Crippen LogP contribution in [0, 0.1) is 11.3 Å². The van der Waals surface area contributed by atoms with Gasteiger partial charge in [-0.2, -0.15) is 0 Å². The van der Waals surface area contributed by atoms with Crippen LogP contribution in [0.1, 0.15) is 52.9 Å². The minimum Gasteiger partial charge on any atom is -0.392 e. The van der Waals surface area contributed by atoms with Gasteiger partial charge in [0.1, 0.15) is 0 Å². The lowest BCUT2D eigenvalue weighted by atomic mass is 9.64. The van der Waals surface area contributed by atoms with E-state index >= 15 is 0 Å². The number of ether oxygens (including phenoxy) is 1. The van der Waals surface area contributed by atoms with Crippen LogP contribution in [0.15, 0.2) is 0 Å². The highest BCUT2D eigenvalue weighted by molar-refractivity contribution is 5.01. The van der Waals surface area contributed by atoms with Crippen LogP contribution in [0.4, 0.5) is 0 Å². The predicted molar refractivity (Wildman–Crippen MR) is 79.6 cm³/mol. The second kappa shape index (κ2) is 6.73. The standard InChI is InChI=1S/C16H31NO3/c1-11-4-6-13(7-5-11)20-10-12(18)9-17-14-8-15(19)16(14,2)3/h11-15,17-19H,4-10H2,1-3H3. The van der Waals surface area contributed by atoms with Gasteiger partial charge in [0.05, 0.1) is 24.9 Å². The molecular formula is C16H31NO3. The highest BCUT2D eigenvalue weighted by Crippen LogP contribution is 2.40. The molecule has 0 saturated heterocycles. The molecule has 0 amide bonds. The molecule has 0 heterocycles. The third-order valence-corrected chi connectivity index (χ3v) is 5.30. The summed E-state index contributed by atoms with van der Waals surface area (Å²) < 4.78 is 5.81. The van der Waals surface area contributed by atoms with Gasteiger partial charge in [0.15, 0.2) is 0 Å². The number of aliphatic hydroxyl groups excluding tert-OH is 2. The van der Waals surface area contributed by atoms with Crippen LogP contribution in [0.2, 0.25) is 0 Å². The lowest BCUT2D eigenvalue weighted by molar-refractivity contribution is -0.0791. The Labute approximate surface area is 122 Å². The Morgan fingerprint density at radius 1 is 1.25 bits per heavy atom. The molecule has 0 aromatic rings. The Morgan fingerprint density at radius 3 is 2.45 bits per heavy atom. The molecule has 0 bridgehead atoms. The van der Waals surface area contributed by atoms with Gasteiger partial charge in [-0.15, -0.1) is 0 Å². The molecule has 2 aliphatic rings. The number of hydrogen-bond donors (Lipinski definition) is 3. The minimum absolute atomic E-state index is 0.0832. The highest BCUT2D eigenvalue weighted by atomic mass is 16.5. The van der Waals surface area contributed by atoms with Crippen molar-refractivity contribution in [2.45, 2.75) is 77.2 Å². The van der Waals surface area contributed by atoms with E-state index < -0.39 is 6.10 Å². The lowest BCUT2D eigenvalue weighted by Gasteiger charge is -2.50. The number of rotatable bonds is 6. The third kappa shape index (κ3) is 3.94. The average Bonchev–Trinajstić information content (AvgIpc) is 2.42. The van der Waals surface area contributed by atoms with Crippen LogP contribution >= 0.6 is 0 Å². The van der Waals surface area contributed by atoms with Gasteiger partial charge in [-0.3, -0.25) is 0 Å². The maximum absolute atomic E-state index is 9.99. The summed E-state index contributed by atoms with van der Waals surface area (Å²) in [6.45, 7) is 7.38. The molecule has 0 aromatic heterocycles. The van der Waals surface area contributed by atoms with Gasteiger partial charge in [0.2, 0.25) is 0 Å². The van der Waals surface area contributed by atoms with Crippen LogP contribution < -0.4 is 5.32 Å². The highest BCUT2D eigenvalue weighted by Gasteiger charge is 2.46. The zero-order chi connectivity index (χ0) is 14.8. The fourth-order valence-electron chi connectivity index (χ4n) is 3.23. The Hall–Kier alpha value is -0.160. The maximum atomic E-state index is 9.99. The summed E-state index contributed by atoms with van der Waals surface area (Å²) in [5, 5.41) is 23.0. The molecule has 4 heteroatoms. The fraction of sp³-hybridized carbons (Fsp3) is 1.00. The van der Waals surface area contributed by atoms with Gasteiger partial charge in [0, 0.05) is 18.0 Å². The summed E-state index contributed by atoms with van der Waals surface area (Å²) >= 11 is 0. The van der Waals surface area contributed by atoms with Gasteiger partial charge in [0.25, 0.3) is 0 Å². The summed E-state index contributed by atoms with van der Waals surface area (Å²) in [6.07, 6.45) is 5.18. The SMILES string of the molecule is CC1CCC(OCC(O)CNC2CC(O)C2(C)C)CC1. The number of nitrogens with one attached hydrogen (secondary N) is 1. The molecule has 2 saturated carbocycles. The Bertz CT molecular complexity index is 300. The number of hydrogen-bond acceptors (Lipinski definition) is 4. The molecule has 2 fully saturated rings. The predicted octanol–water partition coefficient (Wildman–Crippen LogP) is 1.69. The van der Waals surface area contributed by atoms with Gasteiger partial charge in [-0.05, 0) is 38.0 Å². The quantitative estimate of drug-likeness (QED) is 0.695. The molecule has 0 aromatic carbocycles. The summed E-state index contributed by atoms with van der Waals surface area (Å²) in [7, 11) is 0. The van der Waals surface area contributed by atoms with E-state index in [0.717, 1.165) is 25.2 Å². The molecule has 3 N–H and O–H groups in total. The molecule has 0 spiro atoms. The molecule has 4 nitrogen and oxygen atoms in total. The van der Waals surface area contributed by atoms with Crippen molar-refractivity contribution in [1.82, 2.24) is 5.32 Å². The van der Waals surface area contributed by atoms with Crippen molar-refractivity contribution in [3.05, 3.63) is 0 Å². The van der Waals surface area contributed by atoms with Crippen molar-refractivity contribution in [1.29, 1.82) is 0 Å². The van der Waals surface area contributed by atoms with E-state index in [-0.39, 0.29) is 11.5 Å². The van der Waals surface area contributed by atoms with Gasteiger partial charge >= 0.3 is 0 Å². The van der Waals surface area contributed by atoms with Gasteiger partial charge in [-0.25, -0.2) is 0 Å². The Balaban J connectivity index is 1.58. The first-order valence-electron chi connectivity index (χ1n) is 8.10. The number of aliphatic hydroxyl groups is 2. The van der Waals surface area contributed by atoms with E-state index in [9.17, 15) is 10.2 Å². The van der Waals surface area contributed by atoms with Crippen LogP contribution in [0.25, 0.3) is 0 Å².